The second kappa shape index (κ2) is 7.28. The fourth-order valence-corrected chi connectivity index (χ4v) is 4.18. The number of hydrogen-bond donors (Lipinski definition) is 1. The molecule has 0 radical (unpaired) electrons. The van der Waals surface area contributed by atoms with E-state index in [0.717, 1.165) is 11.3 Å². The zero-order chi connectivity index (χ0) is 20.9. The van der Waals surface area contributed by atoms with Crippen molar-refractivity contribution in [1.29, 1.82) is 0 Å². The molecule has 0 bridgehead atoms. The number of nitrogens with one attached hydrogen (secondary N) is 1. The minimum atomic E-state index is -4.62. The molecule has 7 nitrogen and oxygen atoms in total. The van der Waals surface area contributed by atoms with E-state index in [1.54, 1.807) is 12.3 Å². The lowest BCUT2D eigenvalue weighted by molar-refractivity contribution is -0.142. The normalized spacial score (nSPS) is 19.8. The summed E-state index contributed by atoms with van der Waals surface area (Å²) in [5, 5.41) is 3.10. The monoisotopic (exact) mass is 421 g/mol. The van der Waals surface area contributed by atoms with Crippen LogP contribution in [0.2, 0.25) is 0 Å². The van der Waals surface area contributed by atoms with Crippen molar-refractivity contribution in [3.63, 3.8) is 0 Å². The molecule has 1 N–H and O–H groups in total. The number of nitrogens with zero attached hydrogens (tertiary/aromatic N) is 4. The Labute approximate surface area is 171 Å². The molecule has 2 aromatic rings. The Bertz CT molecular complexity index is 956. The summed E-state index contributed by atoms with van der Waals surface area (Å²) in [4.78, 5) is 12.5. The minimum absolute atomic E-state index is 0.0217. The van der Waals surface area contributed by atoms with Crippen molar-refractivity contribution in [2.45, 2.75) is 18.7 Å². The molecule has 2 saturated heterocycles. The molecule has 5 rings (SSSR count). The number of likely N-dealkylation sites (tertiary alicyclic amines) is 1. The highest BCUT2D eigenvalue weighted by molar-refractivity contribution is 5.74. The van der Waals surface area contributed by atoms with Crippen LogP contribution >= 0.6 is 0 Å². The van der Waals surface area contributed by atoms with Crippen molar-refractivity contribution >= 4 is 17.2 Å². The van der Waals surface area contributed by atoms with Crippen molar-refractivity contribution < 1.29 is 22.6 Å². The lowest BCUT2D eigenvalue weighted by Gasteiger charge is -2.36. The average molecular weight is 421 g/mol. The summed E-state index contributed by atoms with van der Waals surface area (Å²) >= 11 is 0. The number of alkyl halides is 3. The maximum Gasteiger partial charge on any atom is 0.437 e. The summed E-state index contributed by atoms with van der Waals surface area (Å²) in [5.41, 5.74) is 1.31. The predicted octanol–water partition coefficient (Wildman–Crippen LogP) is 3.00. The molecular weight excluding hydrogens is 399 g/mol. The van der Waals surface area contributed by atoms with Crippen LogP contribution < -0.4 is 15.0 Å². The second-order valence-corrected chi connectivity index (χ2v) is 7.86. The Morgan fingerprint density at radius 3 is 2.67 bits per heavy atom. The van der Waals surface area contributed by atoms with Gasteiger partial charge in [0.2, 0.25) is 0 Å². The highest BCUT2D eigenvalue weighted by atomic mass is 19.4. The summed E-state index contributed by atoms with van der Waals surface area (Å²) in [7, 11) is 1.93. The first-order valence-electron chi connectivity index (χ1n) is 9.91. The molecule has 0 unspecified atom stereocenters. The Hall–Kier alpha value is -2.59. The van der Waals surface area contributed by atoms with Crippen molar-refractivity contribution in [1.82, 2.24) is 14.9 Å². The number of pyridine rings is 2. The van der Waals surface area contributed by atoms with Crippen LogP contribution in [0.1, 0.15) is 22.9 Å². The smallest absolute Gasteiger partial charge is 0.437 e. The Kier molecular flexibility index (Phi) is 4.70. The minimum Gasteiger partial charge on any atom is -0.484 e. The molecule has 0 spiro atoms. The van der Waals surface area contributed by atoms with E-state index in [9.17, 15) is 13.2 Å². The van der Waals surface area contributed by atoms with Crippen LogP contribution in [0.25, 0.3) is 0 Å². The second-order valence-electron chi connectivity index (χ2n) is 7.86. The van der Waals surface area contributed by atoms with E-state index >= 15 is 0 Å². The van der Waals surface area contributed by atoms with E-state index in [2.05, 4.69) is 20.2 Å². The fraction of sp³-hybridized carbons (Fsp3) is 0.500. The lowest BCUT2D eigenvalue weighted by Crippen LogP contribution is -2.42. The third-order valence-electron chi connectivity index (χ3n) is 5.74. The maximum atomic E-state index is 13.8. The molecule has 0 saturated carbocycles. The first-order chi connectivity index (χ1) is 14.4. The zero-order valence-electron chi connectivity index (χ0n) is 16.5. The number of aromatic nitrogens is 2. The van der Waals surface area contributed by atoms with Gasteiger partial charge in [0.15, 0.2) is 11.4 Å². The van der Waals surface area contributed by atoms with Gasteiger partial charge in [0, 0.05) is 49.7 Å². The van der Waals surface area contributed by atoms with E-state index in [0.29, 0.717) is 50.9 Å². The zero-order valence-corrected chi connectivity index (χ0v) is 16.5. The number of ether oxygens (including phenoxy) is 2. The van der Waals surface area contributed by atoms with Crippen LogP contribution in [0.3, 0.4) is 0 Å². The fourth-order valence-electron chi connectivity index (χ4n) is 4.18. The van der Waals surface area contributed by atoms with E-state index in [4.69, 9.17) is 9.47 Å². The van der Waals surface area contributed by atoms with Gasteiger partial charge in [-0.25, -0.2) is 9.97 Å². The Balaban J connectivity index is 1.55. The highest BCUT2D eigenvalue weighted by Gasteiger charge is 2.41. The van der Waals surface area contributed by atoms with Crippen molar-refractivity contribution in [3.8, 4) is 5.75 Å². The molecule has 160 valence electrons. The molecule has 3 aliphatic rings. The van der Waals surface area contributed by atoms with Gasteiger partial charge in [0.25, 0.3) is 0 Å². The third kappa shape index (κ3) is 3.43. The molecule has 0 aliphatic carbocycles. The van der Waals surface area contributed by atoms with Gasteiger partial charge in [-0.2, -0.15) is 13.2 Å². The molecule has 30 heavy (non-hydrogen) atoms. The van der Waals surface area contributed by atoms with Gasteiger partial charge < -0.3 is 24.6 Å². The molecule has 0 atom stereocenters. The van der Waals surface area contributed by atoms with Crippen LogP contribution in [0.4, 0.5) is 30.4 Å². The number of anilines is 3. The molecule has 0 aromatic carbocycles. The van der Waals surface area contributed by atoms with Gasteiger partial charge in [-0.05, 0) is 19.2 Å². The molecule has 0 amide bonds. The molecule has 3 aliphatic heterocycles. The number of rotatable bonds is 2. The largest absolute Gasteiger partial charge is 0.484 e. The topological polar surface area (TPSA) is 62.8 Å². The molecule has 5 heterocycles. The standard InChI is InChI=1S/C20H22F3N5O2/c1-27-9-12(10-27)14-8-15-17(18(25-14)20(21,22)23)30-11-13-16(2-3-24-19(13)26-15)28-4-6-29-7-5-28/h2-3,8,12H,4-7,9-11H2,1H3,(H,24,26). The first-order valence-corrected chi connectivity index (χ1v) is 9.91. The summed E-state index contributed by atoms with van der Waals surface area (Å²) in [6, 6.07) is 3.53. The Morgan fingerprint density at radius 1 is 1.20 bits per heavy atom. The van der Waals surface area contributed by atoms with Gasteiger partial charge >= 0.3 is 6.18 Å². The van der Waals surface area contributed by atoms with Crippen LogP contribution in [0.5, 0.6) is 5.75 Å². The van der Waals surface area contributed by atoms with Crippen molar-refractivity contribution in [2.24, 2.45) is 0 Å². The summed E-state index contributed by atoms with van der Waals surface area (Å²) in [5.74, 6) is 0.206. The average Bonchev–Trinajstić information content (AvgIpc) is 2.89. The number of hydrogen-bond acceptors (Lipinski definition) is 7. The van der Waals surface area contributed by atoms with Gasteiger partial charge in [-0.1, -0.05) is 0 Å². The third-order valence-corrected chi connectivity index (χ3v) is 5.74. The summed E-state index contributed by atoms with van der Waals surface area (Å²) in [6.07, 6.45) is -2.95. The van der Waals surface area contributed by atoms with Gasteiger partial charge in [-0.3, -0.25) is 0 Å². The highest BCUT2D eigenvalue weighted by Crippen LogP contribution is 2.45. The van der Waals surface area contributed by atoms with Crippen LogP contribution in [0.15, 0.2) is 18.3 Å². The van der Waals surface area contributed by atoms with E-state index in [1.165, 1.54) is 0 Å². The number of fused-ring (bicyclic) bond motifs is 2. The van der Waals surface area contributed by atoms with Crippen LogP contribution in [0, 0.1) is 0 Å². The number of morpholine rings is 1. The SMILES string of the molecule is CN1CC(c2cc3c(c(C(F)(F)F)n2)OCc2c(N4CCOCC4)ccnc2N3)C1. The predicted molar refractivity (Wildman–Crippen MR) is 104 cm³/mol. The first kappa shape index (κ1) is 19.4. The number of likely N-dealkylation sites (N-methyl/N-ethyl adjacent to an activating group) is 1. The molecule has 2 fully saturated rings. The van der Waals surface area contributed by atoms with E-state index < -0.39 is 11.9 Å². The van der Waals surface area contributed by atoms with Crippen molar-refractivity contribution in [3.05, 3.63) is 35.3 Å². The Morgan fingerprint density at radius 2 is 1.97 bits per heavy atom. The lowest BCUT2D eigenvalue weighted by atomic mass is 9.95. The van der Waals surface area contributed by atoms with E-state index in [-0.39, 0.29) is 24.0 Å². The molecular formula is C20H22F3N5O2. The van der Waals surface area contributed by atoms with Crippen LogP contribution in [-0.4, -0.2) is 61.3 Å². The number of halogens is 3. The van der Waals surface area contributed by atoms with Gasteiger partial charge in [-0.15, -0.1) is 0 Å². The van der Waals surface area contributed by atoms with Gasteiger partial charge in [0.1, 0.15) is 12.4 Å². The van der Waals surface area contributed by atoms with Gasteiger partial charge in [0.05, 0.1) is 24.5 Å². The van der Waals surface area contributed by atoms with Crippen LogP contribution in [-0.2, 0) is 17.5 Å². The molecule has 10 heteroatoms. The van der Waals surface area contributed by atoms with Crippen molar-refractivity contribution in [2.75, 3.05) is 56.7 Å². The maximum absolute atomic E-state index is 13.8. The summed E-state index contributed by atoms with van der Waals surface area (Å²) in [6.45, 7) is 3.96. The van der Waals surface area contributed by atoms with E-state index in [1.807, 2.05) is 18.0 Å². The quantitative estimate of drug-likeness (QED) is 0.800. The summed E-state index contributed by atoms with van der Waals surface area (Å²) < 4.78 is 52.6. The molecule has 2 aromatic heterocycles.